The van der Waals surface area contributed by atoms with Gasteiger partial charge < -0.3 is 4.42 Å². The number of benzene rings is 1. The van der Waals surface area contributed by atoms with Crippen LogP contribution in [0.5, 0.6) is 0 Å². The topological polar surface area (TPSA) is 13.1 Å². The first kappa shape index (κ1) is 6.53. The monoisotopic (exact) mass is 143 g/mol. The standard InChI is InChI=1S/C9H8BO/c1-10-9-6-7-4-2-3-5-8(7)11-9/h2-6H,1H3. The molecule has 0 spiro atoms. The van der Waals surface area contributed by atoms with Crippen LogP contribution in [0.25, 0.3) is 11.0 Å². The molecule has 1 nitrogen and oxygen atoms in total. The van der Waals surface area contributed by atoms with Crippen molar-refractivity contribution in [2.24, 2.45) is 0 Å². The Morgan fingerprint density at radius 1 is 1.27 bits per heavy atom. The molecule has 1 aromatic carbocycles. The van der Waals surface area contributed by atoms with Gasteiger partial charge in [-0.2, -0.15) is 0 Å². The van der Waals surface area contributed by atoms with Crippen LogP contribution in [0.2, 0.25) is 6.82 Å². The summed E-state index contributed by atoms with van der Waals surface area (Å²) < 4.78 is 5.46. The summed E-state index contributed by atoms with van der Waals surface area (Å²) in [7, 11) is 1.96. The Hall–Kier alpha value is -1.18. The molecule has 0 atom stereocenters. The van der Waals surface area contributed by atoms with E-state index < -0.39 is 0 Å². The molecule has 0 aliphatic carbocycles. The van der Waals surface area contributed by atoms with Crippen molar-refractivity contribution in [2.45, 2.75) is 6.82 Å². The van der Waals surface area contributed by atoms with E-state index in [1.54, 1.807) is 0 Å². The molecule has 0 saturated carbocycles. The Bertz CT molecular complexity index is 331. The van der Waals surface area contributed by atoms with Gasteiger partial charge in [0.2, 0.25) is 0 Å². The fraction of sp³-hybridized carbons (Fsp3) is 0.111. The third-order valence-electron chi connectivity index (χ3n) is 1.73. The zero-order chi connectivity index (χ0) is 7.68. The van der Waals surface area contributed by atoms with E-state index >= 15 is 0 Å². The average Bonchev–Trinajstić information content (AvgIpc) is 2.46. The number of fused-ring (bicyclic) bond motifs is 1. The third-order valence-corrected chi connectivity index (χ3v) is 1.73. The van der Waals surface area contributed by atoms with Crippen LogP contribution in [0.15, 0.2) is 34.7 Å². The number of furan rings is 1. The van der Waals surface area contributed by atoms with Crippen molar-refractivity contribution in [2.75, 3.05) is 0 Å². The summed E-state index contributed by atoms with van der Waals surface area (Å²) in [6.07, 6.45) is 0. The fourth-order valence-electron chi connectivity index (χ4n) is 1.14. The molecule has 1 heterocycles. The van der Waals surface area contributed by atoms with Crippen LogP contribution in [0.3, 0.4) is 0 Å². The van der Waals surface area contributed by atoms with E-state index in [0.29, 0.717) is 0 Å². The highest BCUT2D eigenvalue weighted by molar-refractivity contribution is 6.50. The van der Waals surface area contributed by atoms with Crippen molar-refractivity contribution in [3.8, 4) is 0 Å². The molecule has 0 amide bonds. The summed E-state index contributed by atoms with van der Waals surface area (Å²) in [5.41, 5.74) is 1.90. The minimum absolute atomic E-state index is 0.936. The summed E-state index contributed by atoms with van der Waals surface area (Å²) in [5.74, 6) is 0. The summed E-state index contributed by atoms with van der Waals surface area (Å²) in [6, 6.07) is 10.0. The van der Waals surface area contributed by atoms with E-state index in [2.05, 4.69) is 0 Å². The first-order valence-electron chi connectivity index (χ1n) is 3.68. The highest BCUT2D eigenvalue weighted by Gasteiger charge is 1.99. The van der Waals surface area contributed by atoms with Crippen LogP contribution in [0, 0.1) is 0 Å². The highest BCUT2D eigenvalue weighted by atomic mass is 16.3. The largest absolute Gasteiger partial charge is 0.472 e. The predicted octanol–water partition coefficient (Wildman–Crippen LogP) is 1.81. The van der Waals surface area contributed by atoms with E-state index in [1.165, 1.54) is 5.39 Å². The number of hydrogen-bond acceptors (Lipinski definition) is 1. The molecule has 1 aromatic heterocycles. The Labute approximate surface area is 66.3 Å². The van der Waals surface area contributed by atoms with Gasteiger partial charge in [-0.15, -0.1) is 0 Å². The molecule has 2 aromatic rings. The average molecular weight is 143 g/mol. The van der Waals surface area contributed by atoms with Gasteiger partial charge in [-0.25, -0.2) is 0 Å². The lowest BCUT2D eigenvalue weighted by Crippen LogP contribution is -2.04. The van der Waals surface area contributed by atoms with Crippen LogP contribution >= 0.6 is 0 Å². The quantitative estimate of drug-likeness (QED) is 0.554. The second kappa shape index (κ2) is 2.46. The first-order chi connectivity index (χ1) is 5.40. The molecule has 0 aliphatic rings. The lowest BCUT2D eigenvalue weighted by Gasteiger charge is -1.83. The van der Waals surface area contributed by atoms with E-state index in [1.807, 2.05) is 44.4 Å². The van der Waals surface area contributed by atoms with E-state index in [4.69, 9.17) is 4.42 Å². The Morgan fingerprint density at radius 3 is 2.82 bits per heavy atom. The molecule has 0 bridgehead atoms. The molecule has 1 radical (unpaired) electrons. The maximum atomic E-state index is 5.46. The van der Waals surface area contributed by atoms with Gasteiger partial charge in [0, 0.05) is 5.39 Å². The molecular formula is C9H8BO. The first-order valence-corrected chi connectivity index (χ1v) is 3.68. The Kier molecular flexibility index (Phi) is 1.46. The number of hydrogen-bond donors (Lipinski definition) is 0. The maximum Gasteiger partial charge on any atom is 0.198 e. The lowest BCUT2D eigenvalue weighted by atomic mass is 9.79. The zero-order valence-electron chi connectivity index (χ0n) is 6.37. The van der Waals surface area contributed by atoms with Crippen molar-refractivity contribution >= 4 is 23.9 Å². The van der Waals surface area contributed by atoms with Crippen LogP contribution in [-0.2, 0) is 0 Å². The van der Waals surface area contributed by atoms with Crippen LogP contribution in [-0.4, -0.2) is 7.28 Å². The molecule has 0 fully saturated rings. The van der Waals surface area contributed by atoms with Crippen molar-refractivity contribution in [3.63, 3.8) is 0 Å². The smallest absolute Gasteiger partial charge is 0.198 e. The molecule has 2 heteroatoms. The Morgan fingerprint density at radius 2 is 2.09 bits per heavy atom. The van der Waals surface area contributed by atoms with Gasteiger partial charge >= 0.3 is 0 Å². The second-order valence-electron chi connectivity index (χ2n) is 2.48. The highest BCUT2D eigenvalue weighted by Crippen LogP contribution is 2.11. The van der Waals surface area contributed by atoms with Crippen molar-refractivity contribution in [1.82, 2.24) is 0 Å². The SMILES string of the molecule is C[B]c1cc2ccccc2o1. The van der Waals surface area contributed by atoms with Crippen molar-refractivity contribution in [1.29, 1.82) is 0 Å². The molecule has 53 valence electrons. The minimum Gasteiger partial charge on any atom is -0.472 e. The lowest BCUT2D eigenvalue weighted by molar-refractivity contribution is 0.652. The number of para-hydroxylation sites is 1. The summed E-state index contributed by atoms with van der Waals surface area (Å²) >= 11 is 0. The van der Waals surface area contributed by atoms with Crippen molar-refractivity contribution < 1.29 is 4.42 Å². The van der Waals surface area contributed by atoms with Gasteiger partial charge in [0.15, 0.2) is 7.28 Å². The van der Waals surface area contributed by atoms with Crippen molar-refractivity contribution in [3.05, 3.63) is 30.3 Å². The molecule has 0 unspecified atom stereocenters. The Balaban J connectivity index is 2.69. The number of rotatable bonds is 1. The maximum absolute atomic E-state index is 5.46. The van der Waals surface area contributed by atoms with Crippen LogP contribution < -0.4 is 5.66 Å². The summed E-state index contributed by atoms with van der Waals surface area (Å²) in [5, 5.41) is 1.17. The summed E-state index contributed by atoms with van der Waals surface area (Å²) in [6.45, 7) is 1.97. The fourth-order valence-corrected chi connectivity index (χ4v) is 1.14. The van der Waals surface area contributed by atoms with Gasteiger partial charge in [-0.3, -0.25) is 0 Å². The van der Waals surface area contributed by atoms with E-state index in [9.17, 15) is 0 Å². The van der Waals surface area contributed by atoms with E-state index in [-0.39, 0.29) is 0 Å². The second-order valence-corrected chi connectivity index (χ2v) is 2.48. The van der Waals surface area contributed by atoms with Gasteiger partial charge in [-0.05, 0) is 12.1 Å². The van der Waals surface area contributed by atoms with Gasteiger partial charge in [-0.1, -0.05) is 25.0 Å². The van der Waals surface area contributed by atoms with Gasteiger partial charge in [0.1, 0.15) is 5.58 Å². The third kappa shape index (κ3) is 1.05. The molecule has 0 saturated heterocycles. The van der Waals surface area contributed by atoms with Crippen LogP contribution in [0.1, 0.15) is 0 Å². The predicted molar refractivity (Wildman–Crippen MR) is 47.5 cm³/mol. The van der Waals surface area contributed by atoms with E-state index in [0.717, 1.165) is 11.2 Å². The van der Waals surface area contributed by atoms with Gasteiger partial charge in [0.05, 0.1) is 5.66 Å². The summed E-state index contributed by atoms with van der Waals surface area (Å²) in [4.78, 5) is 0. The zero-order valence-corrected chi connectivity index (χ0v) is 6.37. The normalized spacial score (nSPS) is 10.3. The van der Waals surface area contributed by atoms with Crippen LogP contribution in [0.4, 0.5) is 0 Å². The molecule has 0 N–H and O–H groups in total. The van der Waals surface area contributed by atoms with Gasteiger partial charge in [0.25, 0.3) is 0 Å². The molecule has 0 aliphatic heterocycles. The molecule has 11 heavy (non-hydrogen) atoms. The minimum atomic E-state index is 0.936. The molecular weight excluding hydrogens is 135 g/mol. The molecule has 2 rings (SSSR count).